The summed E-state index contributed by atoms with van der Waals surface area (Å²) >= 11 is 0. The molecular weight excluding hydrogens is 553 g/mol. The molecule has 0 spiro atoms. The molecule has 4 aromatic rings. The van der Waals surface area contributed by atoms with Crippen LogP contribution in [0.25, 0.3) is 32.3 Å². The summed E-state index contributed by atoms with van der Waals surface area (Å²) in [5.41, 5.74) is 9.53. The van der Waals surface area contributed by atoms with Crippen LogP contribution in [0.3, 0.4) is 0 Å². The molecule has 42 heavy (non-hydrogen) atoms. The molecule has 0 unspecified atom stereocenters. The summed E-state index contributed by atoms with van der Waals surface area (Å²) in [6.45, 7) is 36.4. The molecule has 0 nitrogen and oxygen atoms in total. The first-order valence-corrected chi connectivity index (χ1v) is 26.5. The lowest BCUT2D eigenvalue weighted by Gasteiger charge is -2.44. The van der Waals surface area contributed by atoms with E-state index in [1.807, 2.05) is 0 Å². The molecule has 0 aromatic heterocycles. The number of hydrogen-bond donors (Lipinski definition) is 0. The Morgan fingerprint density at radius 1 is 0.405 bits per heavy atom. The van der Waals surface area contributed by atoms with E-state index in [0.29, 0.717) is 0 Å². The molecule has 0 heterocycles. The molecule has 0 radical (unpaired) electrons. The molecule has 3 aliphatic carbocycles. The summed E-state index contributed by atoms with van der Waals surface area (Å²) in [6, 6.07) is 15.5. The van der Waals surface area contributed by atoms with E-state index < -0.39 is 24.2 Å². The van der Waals surface area contributed by atoms with Gasteiger partial charge in [-0.2, -0.15) is 0 Å². The van der Waals surface area contributed by atoms with E-state index in [1.54, 1.807) is 65.7 Å². The second-order valence-corrected chi connectivity index (χ2v) is 32.7. The van der Waals surface area contributed by atoms with E-state index in [-0.39, 0.29) is 15.1 Å². The molecule has 3 aliphatic rings. The van der Waals surface area contributed by atoms with Gasteiger partial charge in [-0.25, -0.2) is 0 Å². The van der Waals surface area contributed by atoms with Crippen molar-refractivity contribution in [2.24, 2.45) is 0 Å². The maximum atomic E-state index is 4.35. The fourth-order valence-electron chi connectivity index (χ4n) is 10.6. The number of rotatable bonds is 9. The first kappa shape index (κ1) is 28.3. The first-order valence-electron chi connectivity index (χ1n) is 16.0. The largest absolute Gasteiger partial charge is 0.103 e. The molecule has 4 aromatic carbocycles. The zero-order valence-electron chi connectivity index (χ0n) is 27.4. The van der Waals surface area contributed by atoms with E-state index in [9.17, 15) is 0 Å². The highest BCUT2D eigenvalue weighted by Crippen LogP contribution is 2.67. The summed E-state index contributed by atoms with van der Waals surface area (Å²) in [4.78, 5) is 0. The van der Waals surface area contributed by atoms with Crippen LogP contribution in [0.15, 0.2) is 74.4 Å². The monoisotopic (exact) mass is 600 g/mol. The van der Waals surface area contributed by atoms with Crippen molar-refractivity contribution in [3.05, 3.63) is 108 Å². The normalized spacial score (nSPS) is 25.6. The maximum absolute atomic E-state index is 4.35. The van der Waals surface area contributed by atoms with Crippen LogP contribution in [0.5, 0.6) is 0 Å². The Kier molecular flexibility index (Phi) is 5.50. The fourth-order valence-corrected chi connectivity index (χ4v) is 19.0. The van der Waals surface area contributed by atoms with E-state index in [4.69, 9.17) is 0 Å². The Bertz CT molecular complexity index is 1570. The number of allylic oxidation sites excluding steroid dienone is 3. The zero-order chi connectivity index (χ0) is 30.4. The van der Waals surface area contributed by atoms with Gasteiger partial charge >= 0.3 is 0 Å². The van der Waals surface area contributed by atoms with E-state index in [0.717, 1.165) is 19.3 Å². The van der Waals surface area contributed by atoms with Crippen LogP contribution in [0.1, 0.15) is 52.6 Å². The summed E-state index contributed by atoms with van der Waals surface area (Å²) in [5, 5.41) is 9.60. The fraction of sp³-hybridized carbons (Fsp3) is 0.385. The molecule has 0 bridgehead atoms. The van der Waals surface area contributed by atoms with Gasteiger partial charge in [-0.15, -0.1) is 19.7 Å². The summed E-state index contributed by atoms with van der Waals surface area (Å²) < 4.78 is 0. The van der Waals surface area contributed by atoms with Crippen molar-refractivity contribution in [1.82, 2.24) is 0 Å². The number of hydrogen-bond acceptors (Lipinski definition) is 0. The highest BCUT2D eigenvalue weighted by atomic mass is 28.3. The van der Waals surface area contributed by atoms with Gasteiger partial charge in [0.15, 0.2) is 0 Å². The summed E-state index contributed by atoms with van der Waals surface area (Å²) in [7, 11) is -5.34. The second-order valence-electron chi connectivity index (χ2n) is 16.7. The van der Waals surface area contributed by atoms with Crippen molar-refractivity contribution >= 4 is 56.5 Å². The van der Waals surface area contributed by atoms with Crippen molar-refractivity contribution < 1.29 is 0 Å². The van der Waals surface area contributed by atoms with Crippen molar-refractivity contribution in [2.45, 2.75) is 93.3 Å². The van der Waals surface area contributed by atoms with Gasteiger partial charge in [0.1, 0.15) is 0 Å². The van der Waals surface area contributed by atoms with Gasteiger partial charge in [-0.1, -0.05) is 114 Å². The lowest BCUT2D eigenvalue weighted by Crippen LogP contribution is -2.50. The Morgan fingerprint density at radius 2 is 0.571 bits per heavy atom. The first-order chi connectivity index (χ1) is 19.6. The molecule has 0 saturated heterocycles. The molecular formula is C39H48Si3. The minimum absolute atomic E-state index is 0.0253. The Morgan fingerprint density at radius 3 is 0.690 bits per heavy atom. The predicted octanol–water partition coefficient (Wildman–Crippen LogP) is 11.3. The smallest absolute Gasteiger partial charge is 0.0617 e. The van der Waals surface area contributed by atoms with Crippen molar-refractivity contribution in [1.29, 1.82) is 0 Å². The van der Waals surface area contributed by atoms with Crippen LogP contribution < -0.4 is 0 Å². The maximum Gasteiger partial charge on any atom is 0.0617 e. The van der Waals surface area contributed by atoms with Crippen LogP contribution >= 0.6 is 0 Å². The standard InChI is InChI=1S/C39H48Si3/c1-13-22-37(40(4,5)6)25-16-18-27-33-31(25)32-26(37)17-19-28-34(32)36-30(39(28,24-15-3)42(10,11)12)21-20-29(35(33)36)38(27,23-14-2)41(7,8)9/h13-21H,1-3,22-24H2,4-12H3. The van der Waals surface area contributed by atoms with E-state index in [2.05, 4.69) is 133 Å². The van der Waals surface area contributed by atoms with Crippen molar-refractivity contribution in [2.75, 3.05) is 0 Å². The van der Waals surface area contributed by atoms with E-state index in [1.165, 1.54) is 0 Å². The van der Waals surface area contributed by atoms with Crippen LogP contribution in [0.2, 0.25) is 58.9 Å². The van der Waals surface area contributed by atoms with Gasteiger partial charge in [0.25, 0.3) is 0 Å². The summed E-state index contributed by atoms with van der Waals surface area (Å²) in [5.74, 6) is 0. The summed E-state index contributed by atoms with van der Waals surface area (Å²) in [6.07, 6.45) is 9.67. The van der Waals surface area contributed by atoms with Gasteiger partial charge in [0.2, 0.25) is 0 Å². The highest BCUT2D eigenvalue weighted by Gasteiger charge is 2.58. The zero-order valence-corrected chi connectivity index (χ0v) is 30.4. The lowest BCUT2D eigenvalue weighted by molar-refractivity contribution is 0.714. The van der Waals surface area contributed by atoms with Crippen molar-refractivity contribution in [3.63, 3.8) is 0 Å². The highest BCUT2D eigenvalue weighted by molar-refractivity contribution is 6.82. The van der Waals surface area contributed by atoms with Gasteiger partial charge in [-0.05, 0) is 85.0 Å². The van der Waals surface area contributed by atoms with E-state index >= 15 is 0 Å². The van der Waals surface area contributed by atoms with Gasteiger partial charge in [-0.3, -0.25) is 0 Å². The van der Waals surface area contributed by atoms with Gasteiger partial charge in [0, 0.05) is 15.1 Å². The average molecular weight is 601 g/mol. The van der Waals surface area contributed by atoms with Gasteiger partial charge in [0.05, 0.1) is 24.2 Å². The topological polar surface area (TPSA) is 0 Å². The third-order valence-electron chi connectivity index (χ3n) is 12.3. The predicted molar refractivity (Wildman–Crippen MR) is 196 cm³/mol. The molecule has 216 valence electrons. The molecule has 3 heteroatoms. The van der Waals surface area contributed by atoms with Crippen LogP contribution in [-0.2, 0) is 15.1 Å². The minimum Gasteiger partial charge on any atom is -0.103 e. The molecule has 0 N–H and O–H groups in total. The number of benzene rings is 4. The SMILES string of the molecule is C=CCC1([Si](C)(C)C)c2ccc3c4c2c2c1ccc1c2c2c(ccc(c42)C3(CC=C)[Si](C)(C)C)C1(CC=C)[Si](C)(C)C. The average Bonchev–Trinajstić information content (AvgIpc) is 3.46. The van der Waals surface area contributed by atoms with Gasteiger partial charge < -0.3 is 0 Å². The molecule has 0 atom stereocenters. The Balaban J connectivity index is 1.85. The second kappa shape index (κ2) is 8.16. The minimum atomic E-state index is -1.78. The lowest BCUT2D eigenvalue weighted by atomic mass is 9.87. The van der Waals surface area contributed by atoms with Crippen molar-refractivity contribution in [3.8, 4) is 0 Å². The van der Waals surface area contributed by atoms with Crippen LogP contribution in [-0.4, -0.2) is 24.2 Å². The third-order valence-corrected chi connectivity index (χ3v) is 22.2. The Hall–Kier alpha value is -2.47. The molecule has 7 rings (SSSR count). The van der Waals surface area contributed by atoms with Crippen LogP contribution in [0.4, 0.5) is 0 Å². The molecule has 0 fully saturated rings. The Labute approximate surface area is 256 Å². The quantitative estimate of drug-likeness (QED) is 0.102. The molecule has 0 aliphatic heterocycles. The van der Waals surface area contributed by atoms with Crippen LogP contribution in [0, 0.1) is 0 Å². The molecule has 0 amide bonds. The third kappa shape index (κ3) is 2.73. The molecule has 0 saturated carbocycles.